The standard InChI is InChI=1S/C13H22IN3O3Si/c1-21(2,3)7-6-20-9-17-11-4-5-16(13(18)19)8-10(11)15-12(17)14/h4-9H2,1-3H3,(H,18,19). The summed E-state index contributed by atoms with van der Waals surface area (Å²) in [6, 6.07) is 1.15. The number of fused-ring (bicyclic) bond motifs is 1. The van der Waals surface area contributed by atoms with Crippen molar-refractivity contribution >= 4 is 36.8 Å². The van der Waals surface area contributed by atoms with Gasteiger partial charge in [-0.3, -0.25) is 4.57 Å². The Morgan fingerprint density at radius 1 is 1.48 bits per heavy atom. The number of rotatable bonds is 5. The van der Waals surface area contributed by atoms with E-state index in [9.17, 15) is 4.79 Å². The Bertz CT molecular complexity index is 527. The first-order chi connectivity index (χ1) is 9.78. The molecule has 8 heteroatoms. The molecule has 1 aliphatic heterocycles. The van der Waals surface area contributed by atoms with Crippen LogP contribution >= 0.6 is 22.6 Å². The summed E-state index contributed by atoms with van der Waals surface area (Å²) in [5.41, 5.74) is 1.98. The zero-order valence-electron chi connectivity index (χ0n) is 12.7. The molecule has 1 aromatic rings. The molecule has 118 valence electrons. The van der Waals surface area contributed by atoms with Crippen molar-refractivity contribution in [2.45, 2.75) is 45.4 Å². The number of hydrogen-bond acceptors (Lipinski definition) is 3. The lowest BCUT2D eigenvalue weighted by atomic mass is 10.1. The Morgan fingerprint density at radius 2 is 2.19 bits per heavy atom. The molecule has 2 heterocycles. The molecule has 0 atom stereocenters. The van der Waals surface area contributed by atoms with Crippen LogP contribution in [0.25, 0.3) is 0 Å². The number of carboxylic acid groups (broad SMARTS) is 1. The predicted octanol–water partition coefficient (Wildman–Crippen LogP) is 2.84. The van der Waals surface area contributed by atoms with Crippen molar-refractivity contribution in [2.24, 2.45) is 0 Å². The molecule has 21 heavy (non-hydrogen) atoms. The van der Waals surface area contributed by atoms with Gasteiger partial charge >= 0.3 is 6.09 Å². The van der Waals surface area contributed by atoms with E-state index >= 15 is 0 Å². The summed E-state index contributed by atoms with van der Waals surface area (Å²) in [5.74, 6) is 0. The lowest BCUT2D eigenvalue weighted by Gasteiger charge is -2.24. The maximum absolute atomic E-state index is 11.0. The molecule has 2 rings (SSSR count). The van der Waals surface area contributed by atoms with Gasteiger partial charge in [-0.1, -0.05) is 19.6 Å². The predicted molar refractivity (Wildman–Crippen MR) is 91.2 cm³/mol. The summed E-state index contributed by atoms with van der Waals surface area (Å²) in [4.78, 5) is 16.9. The fraction of sp³-hybridized carbons (Fsp3) is 0.692. The first-order valence-corrected chi connectivity index (χ1v) is 11.9. The van der Waals surface area contributed by atoms with Gasteiger partial charge in [-0.25, -0.2) is 9.78 Å². The second-order valence-corrected chi connectivity index (χ2v) is 13.1. The van der Waals surface area contributed by atoms with E-state index in [-0.39, 0.29) is 0 Å². The summed E-state index contributed by atoms with van der Waals surface area (Å²) >= 11 is 2.19. The van der Waals surface area contributed by atoms with Crippen molar-refractivity contribution in [3.63, 3.8) is 0 Å². The van der Waals surface area contributed by atoms with Gasteiger partial charge in [-0.05, 0) is 6.04 Å². The number of nitrogens with zero attached hydrogens (tertiary/aromatic N) is 3. The topological polar surface area (TPSA) is 67.6 Å². The number of hydrogen-bond donors (Lipinski definition) is 1. The molecule has 1 aromatic heterocycles. The van der Waals surface area contributed by atoms with Crippen molar-refractivity contribution < 1.29 is 14.6 Å². The van der Waals surface area contributed by atoms with Crippen molar-refractivity contribution in [1.82, 2.24) is 14.5 Å². The number of amides is 1. The van der Waals surface area contributed by atoms with Crippen molar-refractivity contribution in [2.75, 3.05) is 13.2 Å². The minimum absolute atomic E-state index is 0.378. The Balaban J connectivity index is 1.98. The van der Waals surface area contributed by atoms with Crippen LogP contribution in [0.3, 0.4) is 0 Å². The minimum atomic E-state index is -1.07. The summed E-state index contributed by atoms with van der Waals surface area (Å²) in [6.45, 7) is 9.19. The maximum Gasteiger partial charge on any atom is 0.407 e. The summed E-state index contributed by atoms with van der Waals surface area (Å²) in [7, 11) is -1.07. The first-order valence-electron chi connectivity index (χ1n) is 7.07. The molecular weight excluding hydrogens is 401 g/mol. The lowest BCUT2D eigenvalue weighted by Crippen LogP contribution is -2.35. The zero-order chi connectivity index (χ0) is 15.6. The van der Waals surface area contributed by atoms with Gasteiger partial charge in [0.2, 0.25) is 0 Å². The molecular formula is C13H22IN3O3Si. The van der Waals surface area contributed by atoms with Crippen LogP contribution in [0.2, 0.25) is 25.7 Å². The fourth-order valence-corrected chi connectivity index (χ4v) is 3.72. The average molecular weight is 423 g/mol. The number of imidazole rings is 1. The van der Waals surface area contributed by atoms with Crippen molar-refractivity contribution in [3.8, 4) is 0 Å². The van der Waals surface area contributed by atoms with Gasteiger partial charge in [0.15, 0.2) is 3.83 Å². The fourth-order valence-electron chi connectivity index (χ4n) is 2.24. The van der Waals surface area contributed by atoms with Crippen LogP contribution in [0.15, 0.2) is 0 Å². The van der Waals surface area contributed by atoms with Crippen LogP contribution in [0, 0.1) is 3.83 Å². The van der Waals surface area contributed by atoms with Gasteiger partial charge in [0.25, 0.3) is 0 Å². The Kier molecular flexibility index (Phi) is 5.31. The van der Waals surface area contributed by atoms with Crippen molar-refractivity contribution in [1.29, 1.82) is 0 Å². The number of carbonyl (C=O) groups is 1. The van der Waals surface area contributed by atoms with Crippen molar-refractivity contribution in [3.05, 3.63) is 15.2 Å². The zero-order valence-corrected chi connectivity index (χ0v) is 15.9. The number of aromatic nitrogens is 2. The Morgan fingerprint density at radius 3 is 2.81 bits per heavy atom. The highest BCUT2D eigenvalue weighted by Gasteiger charge is 2.25. The van der Waals surface area contributed by atoms with Crippen LogP contribution < -0.4 is 0 Å². The normalized spacial score (nSPS) is 15.1. The SMILES string of the molecule is C[Si](C)(C)CCOCn1c(I)nc2c1CCN(C(=O)O)C2. The van der Waals surface area contributed by atoms with E-state index in [0.717, 1.165) is 27.9 Å². The third-order valence-corrected chi connectivity index (χ3v) is 6.08. The molecule has 0 bridgehead atoms. The molecule has 0 aliphatic carbocycles. The Hall–Kier alpha value is -0.613. The van der Waals surface area contributed by atoms with E-state index in [1.54, 1.807) is 0 Å². The van der Waals surface area contributed by atoms with Crippen LogP contribution in [-0.2, 0) is 24.4 Å². The van der Waals surface area contributed by atoms with E-state index < -0.39 is 14.2 Å². The quantitative estimate of drug-likeness (QED) is 0.449. The third-order valence-electron chi connectivity index (χ3n) is 3.56. The molecule has 0 fully saturated rings. The summed E-state index contributed by atoms with van der Waals surface area (Å²) in [5, 5.41) is 9.06. The van der Waals surface area contributed by atoms with E-state index in [4.69, 9.17) is 9.84 Å². The van der Waals surface area contributed by atoms with Gasteiger partial charge in [-0.2, -0.15) is 0 Å². The Labute approximate surface area is 139 Å². The van der Waals surface area contributed by atoms with Gasteiger partial charge in [0.05, 0.1) is 12.2 Å². The highest BCUT2D eigenvalue weighted by molar-refractivity contribution is 14.1. The van der Waals surface area contributed by atoms with E-state index in [1.165, 1.54) is 4.90 Å². The van der Waals surface area contributed by atoms with Crippen LogP contribution in [0.1, 0.15) is 11.4 Å². The average Bonchev–Trinajstić information content (AvgIpc) is 2.68. The van der Waals surface area contributed by atoms with Gasteiger partial charge in [0.1, 0.15) is 6.73 Å². The molecule has 0 unspecified atom stereocenters. The summed E-state index contributed by atoms with van der Waals surface area (Å²) in [6.07, 6.45) is -0.175. The van der Waals surface area contributed by atoms with Gasteiger partial charge < -0.3 is 14.7 Å². The molecule has 1 amide bonds. The van der Waals surface area contributed by atoms with Crippen LogP contribution in [0.4, 0.5) is 4.79 Å². The summed E-state index contributed by atoms with van der Waals surface area (Å²) < 4.78 is 8.74. The highest BCUT2D eigenvalue weighted by atomic mass is 127. The molecule has 1 N–H and O–H groups in total. The lowest BCUT2D eigenvalue weighted by molar-refractivity contribution is 0.0823. The minimum Gasteiger partial charge on any atom is -0.465 e. The first kappa shape index (κ1) is 16.8. The molecule has 1 aliphatic rings. The van der Waals surface area contributed by atoms with E-state index in [2.05, 4.69) is 51.8 Å². The van der Waals surface area contributed by atoms with Crippen LogP contribution in [0.5, 0.6) is 0 Å². The highest BCUT2D eigenvalue weighted by Crippen LogP contribution is 2.21. The smallest absolute Gasteiger partial charge is 0.407 e. The molecule has 0 saturated carbocycles. The van der Waals surface area contributed by atoms with Gasteiger partial charge in [-0.15, -0.1) is 0 Å². The second-order valence-electron chi connectivity index (χ2n) is 6.50. The molecule has 0 radical (unpaired) electrons. The number of ether oxygens (including phenoxy) is 1. The molecule has 0 aromatic carbocycles. The van der Waals surface area contributed by atoms with E-state index in [0.29, 0.717) is 26.2 Å². The molecule has 0 spiro atoms. The van der Waals surface area contributed by atoms with E-state index in [1.807, 2.05) is 0 Å². The monoisotopic (exact) mass is 423 g/mol. The van der Waals surface area contributed by atoms with Gasteiger partial charge in [0, 0.05) is 55.9 Å². The van der Waals surface area contributed by atoms with Crippen LogP contribution in [-0.4, -0.2) is 46.9 Å². The number of halogens is 1. The maximum atomic E-state index is 11.0. The third kappa shape index (κ3) is 4.43. The molecule has 6 nitrogen and oxygen atoms in total. The largest absolute Gasteiger partial charge is 0.465 e. The second kappa shape index (κ2) is 6.65. The molecule has 0 saturated heterocycles.